The van der Waals surface area contributed by atoms with Crippen LogP contribution in [0.3, 0.4) is 0 Å². The number of halogens is 3. The average molecular weight is 114 g/mol. The third kappa shape index (κ3) is 33.6. The first kappa shape index (κ1) is 102. The van der Waals surface area contributed by atoms with E-state index in [1.165, 1.54) is 0 Å². The molecule has 0 nitrogen and oxygen atoms in total. The van der Waals surface area contributed by atoms with Crippen LogP contribution < -0.4 is 29.6 Å². The first-order valence-electron chi connectivity index (χ1n) is 0. The van der Waals surface area contributed by atoms with Gasteiger partial charge in [-0.05, 0) is 0 Å². The van der Waals surface area contributed by atoms with E-state index in [-0.39, 0.29) is 62.5 Å². The molecule has 32 valence electrons. The SMILES string of the molecule is F.F.F.[AlH3].[H-].[Na+]. The van der Waals surface area contributed by atoms with Crippen LogP contribution in [0.5, 0.6) is 0 Å². The van der Waals surface area contributed by atoms with Gasteiger partial charge in [-0.2, -0.15) is 0 Å². The van der Waals surface area contributed by atoms with Crippen molar-refractivity contribution in [3.05, 3.63) is 0 Å². The zero-order valence-corrected chi connectivity index (χ0v) is 4.22. The van der Waals surface area contributed by atoms with Crippen LogP contribution in [-0.4, -0.2) is 17.4 Å². The minimum Gasteiger partial charge on any atom is -1.00 e. The van der Waals surface area contributed by atoms with Crippen LogP contribution >= 0.6 is 0 Å². The van der Waals surface area contributed by atoms with E-state index in [4.69, 9.17) is 0 Å². The molecular weight excluding hydrogens is 107 g/mol. The molecule has 0 saturated carbocycles. The van der Waals surface area contributed by atoms with E-state index in [9.17, 15) is 0 Å². The zero-order chi connectivity index (χ0) is 0. The van der Waals surface area contributed by atoms with Gasteiger partial charge in [-0.15, -0.1) is 0 Å². The van der Waals surface area contributed by atoms with Crippen LogP contribution in [0.4, 0.5) is 14.1 Å². The van der Waals surface area contributed by atoms with Gasteiger partial charge < -0.3 is 1.43 Å². The predicted octanol–water partition coefficient (Wildman–Crippen LogP) is -3.61. The minimum atomic E-state index is 0. The van der Waals surface area contributed by atoms with Gasteiger partial charge in [0.1, 0.15) is 0 Å². The Bertz CT molecular complexity index is 10.8. The normalized spacial score (nSPS) is 0. The molecule has 0 unspecified atom stereocenters. The molecule has 5 heavy (non-hydrogen) atoms. The third-order valence-electron chi connectivity index (χ3n) is 0. The van der Waals surface area contributed by atoms with E-state index in [1.54, 1.807) is 0 Å². The maximum atomic E-state index is 0. The summed E-state index contributed by atoms with van der Waals surface area (Å²) in [5.74, 6) is 0. The summed E-state index contributed by atoms with van der Waals surface area (Å²) in [6.07, 6.45) is 0. The Morgan fingerprint density at radius 2 is 0.800 bits per heavy atom. The van der Waals surface area contributed by atoms with Gasteiger partial charge in [0, 0.05) is 0 Å². The van der Waals surface area contributed by atoms with Crippen LogP contribution in [0.2, 0.25) is 0 Å². The quantitative estimate of drug-likeness (QED) is 0.285. The third-order valence-corrected chi connectivity index (χ3v) is 0. The summed E-state index contributed by atoms with van der Waals surface area (Å²) in [7, 11) is 0. The maximum absolute atomic E-state index is 0. The molecule has 0 amide bonds. The van der Waals surface area contributed by atoms with E-state index >= 15 is 0 Å². The summed E-state index contributed by atoms with van der Waals surface area (Å²) in [5, 5.41) is 0. The Labute approximate surface area is 62.3 Å². The van der Waals surface area contributed by atoms with Crippen LogP contribution in [0.1, 0.15) is 1.43 Å². The molecule has 0 spiro atoms. The monoisotopic (exact) mass is 114 g/mol. The van der Waals surface area contributed by atoms with E-state index in [1.807, 2.05) is 0 Å². The molecule has 0 aliphatic carbocycles. The second kappa shape index (κ2) is 56.9. The van der Waals surface area contributed by atoms with E-state index in [0.717, 1.165) is 0 Å². The summed E-state index contributed by atoms with van der Waals surface area (Å²) in [6.45, 7) is 0. The topological polar surface area (TPSA) is 0 Å². The van der Waals surface area contributed by atoms with Crippen molar-refractivity contribution in [3.8, 4) is 0 Å². The van der Waals surface area contributed by atoms with Gasteiger partial charge in [0.2, 0.25) is 0 Å². The smallest absolute Gasteiger partial charge is 1.00 e. The van der Waals surface area contributed by atoms with Gasteiger partial charge in [0.25, 0.3) is 0 Å². The fraction of sp³-hybridized carbons (Fsp3) is 0. The van der Waals surface area contributed by atoms with E-state index in [2.05, 4.69) is 0 Å². The van der Waals surface area contributed by atoms with Crippen molar-refractivity contribution >= 4 is 17.4 Å². The number of hydrogen-bond donors (Lipinski definition) is 0. The van der Waals surface area contributed by atoms with Crippen molar-refractivity contribution in [2.45, 2.75) is 0 Å². The first-order valence-corrected chi connectivity index (χ1v) is 0. The van der Waals surface area contributed by atoms with Gasteiger partial charge in [-0.3, -0.25) is 14.1 Å². The second-order valence-corrected chi connectivity index (χ2v) is 0. The van der Waals surface area contributed by atoms with Gasteiger partial charge in [-0.25, -0.2) is 0 Å². The van der Waals surface area contributed by atoms with Crippen LogP contribution in [0, 0.1) is 0 Å². The number of rotatable bonds is 0. The molecule has 0 rings (SSSR count). The van der Waals surface area contributed by atoms with Crippen molar-refractivity contribution in [2.75, 3.05) is 0 Å². The molecule has 0 heterocycles. The average Bonchev–Trinajstić information content (AvgIpc) is 0. The summed E-state index contributed by atoms with van der Waals surface area (Å²) >= 11 is 0. The van der Waals surface area contributed by atoms with Crippen molar-refractivity contribution in [3.63, 3.8) is 0 Å². The Morgan fingerprint density at radius 3 is 0.800 bits per heavy atom. The fourth-order valence-corrected chi connectivity index (χ4v) is 0. The molecule has 0 aromatic carbocycles. The molecule has 0 atom stereocenters. The molecule has 0 saturated heterocycles. The molecule has 0 fully saturated rings. The maximum Gasteiger partial charge on any atom is 1.00 e. The minimum absolute atomic E-state index is 0. The largest absolute Gasteiger partial charge is 1.00 e. The Morgan fingerprint density at radius 1 is 0.800 bits per heavy atom. The first-order chi connectivity index (χ1) is 0. The molecule has 0 radical (unpaired) electrons. The molecule has 5 heteroatoms. The molecule has 0 N–H and O–H groups in total. The number of hydrogen-bond acceptors (Lipinski definition) is 0. The molecule has 0 aliphatic rings. The second-order valence-electron chi connectivity index (χ2n) is 0. The van der Waals surface area contributed by atoms with Crippen LogP contribution in [0.25, 0.3) is 0 Å². The summed E-state index contributed by atoms with van der Waals surface area (Å²) in [6, 6.07) is 0. The predicted molar refractivity (Wildman–Crippen MR) is 18.6 cm³/mol. The van der Waals surface area contributed by atoms with E-state index in [0.29, 0.717) is 0 Å². The Balaban J connectivity index is 0. The van der Waals surface area contributed by atoms with Crippen molar-refractivity contribution in [2.24, 2.45) is 0 Å². The van der Waals surface area contributed by atoms with Crippen molar-refractivity contribution in [1.82, 2.24) is 0 Å². The molecule has 0 bridgehead atoms. The van der Waals surface area contributed by atoms with Gasteiger partial charge >= 0.3 is 29.6 Å². The molecule has 0 aliphatic heterocycles. The Hall–Kier alpha value is 1.32. The van der Waals surface area contributed by atoms with Crippen molar-refractivity contribution < 1.29 is 45.1 Å². The summed E-state index contributed by atoms with van der Waals surface area (Å²) < 4.78 is 0. The molecular formula is H7AlF3Na. The van der Waals surface area contributed by atoms with Gasteiger partial charge in [-0.1, -0.05) is 0 Å². The summed E-state index contributed by atoms with van der Waals surface area (Å²) in [5.41, 5.74) is 0. The van der Waals surface area contributed by atoms with Crippen LogP contribution in [0.15, 0.2) is 0 Å². The zero-order valence-electron chi connectivity index (χ0n) is 3.22. The molecule has 0 aromatic heterocycles. The van der Waals surface area contributed by atoms with Crippen LogP contribution in [-0.2, 0) is 0 Å². The molecule has 0 aromatic rings. The Kier molecular flexibility index (Phi) is 1160. The van der Waals surface area contributed by atoms with Gasteiger partial charge in [0.15, 0.2) is 17.4 Å². The summed E-state index contributed by atoms with van der Waals surface area (Å²) in [4.78, 5) is 0. The standard InChI is InChI=1S/Al.3FH.Na.4H/h;3*1H;;;;;/q;;;;+1;;;;-1. The van der Waals surface area contributed by atoms with Gasteiger partial charge in [0.05, 0.1) is 0 Å². The fourth-order valence-electron chi connectivity index (χ4n) is 0. The van der Waals surface area contributed by atoms with E-state index < -0.39 is 0 Å². The van der Waals surface area contributed by atoms with Crippen molar-refractivity contribution in [1.29, 1.82) is 0 Å².